The lowest BCUT2D eigenvalue weighted by molar-refractivity contribution is 0.100. The van der Waals surface area contributed by atoms with Gasteiger partial charge >= 0.3 is 0 Å². The normalized spacial score (nSPS) is 18.5. The van der Waals surface area contributed by atoms with Crippen LogP contribution in [0.4, 0.5) is 10.8 Å². The first-order chi connectivity index (χ1) is 9.04. The Labute approximate surface area is 117 Å². The van der Waals surface area contributed by atoms with Gasteiger partial charge in [-0.3, -0.25) is 9.69 Å². The maximum absolute atomic E-state index is 11.4. The second-order valence-corrected chi connectivity index (χ2v) is 5.64. The molecule has 19 heavy (non-hydrogen) atoms. The van der Waals surface area contributed by atoms with Crippen molar-refractivity contribution in [3.05, 3.63) is 5.56 Å². The molecule has 1 aliphatic rings. The average molecular weight is 283 g/mol. The molecule has 1 atom stereocenters. The first-order valence-electron chi connectivity index (χ1n) is 6.58. The largest absolute Gasteiger partial charge is 0.382 e. The third-order valence-electron chi connectivity index (χ3n) is 3.76. The molecule has 1 aromatic rings. The Morgan fingerprint density at radius 3 is 2.58 bits per heavy atom. The van der Waals surface area contributed by atoms with E-state index in [4.69, 9.17) is 11.5 Å². The third kappa shape index (κ3) is 2.82. The zero-order valence-corrected chi connectivity index (χ0v) is 12.2. The number of aromatic nitrogens is 1. The van der Waals surface area contributed by atoms with Gasteiger partial charge in [-0.2, -0.15) is 4.37 Å². The number of primary amides is 1. The van der Waals surface area contributed by atoms with Crippen molar-refractivity contribution >= 4 is 28.3 Å². The van der Waals surface area contributed by atoms with Crippen molar-refractivity contribution in [2.24, 2.45) is 5.73 Å². The number of carbonyl (C=O) groups excluding carboxylic acids is 1. The summed E-state index contributed by atoms with van der Waals surface area (Å²) in [6.07, 6.45) is 1.15. The van der Waals surface area contributed by atoms with Crippen LogP contribution in [-0.4, -0.2) is 47.4 Å². The summed E-state index contributed by atoms with van der Waals surface area (Å²) < 4.78 is 4.05. The monoisotopic (exact) mass is 283 g/mol. The minimum Gasteiger partial charge on any atom is -0.382 e. The first-order valence-corrected chi connectivity index (χ1v) is 7.35. The summed E-state index contributed by atoms with van der Waals surface area (Å²) in [4.78, 5) is 16.1. The smallest absolute Gasteiger partial charge is 0.255 e. The molecule has 2 rings (SSSR count). The lowest BCUT2D eigenvalue weighted by atomic mass is 10.2. The molecule has 4 N–H and O–H groups in total. The Morgan fingerprint density at radius 2 is 2.05 bits per heavy atom. The van der Waals surface area contributed by atoms with Crippen molar-refractivity contribution in [1.29, 1.82) is 0 Å². The predicted octanol–water partition coefficient (Wildman–Crippen LogP) is 0.745. The zero-order chi connectivity index (χ0) is 14.0. The van der Waals surface area contributed by atoms with Crippen molar-refractivity contribution in [2.45, 2.75) is 26.3 Å². The van der Waals surface area contributed by atoms with Crippen LogP contribution in [0, 0.1) is 0 Å². The van der Waals surface area contributed by atoms with E-state index in [0.29, 0.717) is 11.6 Å². The van der Waals surface area contributed by atoms with Crippen LogP contribution in [0.15, 0.2) is 0 Å². The molecule has 0 aromatic carbocycles. The molecule has 7 heteroatoms. The van der Waals surface area contributed by atoms with E-state index >= 15 is 0 Å². The van der Waals surface area contributed by atoms with Crippen molar-refractivity contribution < 1.29 is 4.79 Å². The van der Waals surface area contributed by atoms with Gasteiger partial charge in [-0.1, -0.05) is 6.92 Å². The molecule has 1 aliphatic heterocycles. The summed E-state index contributed by atoms with van der Waals surface area (Å²) in [5, 5.41) is 0.814. The summed E-state index contributed by atoms with van der Waals surface area (Å²) in [6, 6.07) is 0.601. The van der Waals surface area contributed by atoms with Crippen LogP contribution < -0.4 is 16.4 Å². The van der Waals surface area contributed by atoms with Crippen LogP contribution in [0.1, 0.15) is 30.6 Å². The molecule has 0 bridgehead atoms. The molecule has 1 unspecified atom stereocenters. The molecule has 0 aliphatic carbocycles. The van der Waals surface area contributed by atoms with E-state index in [-0.39, 0.29) is 5.82 Å². The lowest BCUT2D eigenvalue weighted by Gasteiger charge is -2.38. The number of piperazine rings is 1. The number of carbonyl (C=O) groups is 1. The highest BCUT2D eigenvalue weighted by atomic mass is 32.1. The fraction of sp³-hybridized carbons (Fsp3) is 0.667. The molecule has 1 aromatic heterocycles. The fourth-order valence-electron chi connectivity index (χ4n) is 2.36. The number of nitrogen functional groups attached to an aromatic ring is 1. The number of anilines is 2. The van der Waals surface area contributed by atoms with Gasteiger partial charge < -0.3 is 16.4 Å². The molecule has 0 radical (unpaired) electrons. The predicted molar refractivity (Wildman–Crippen MR) is 78.6 cm³/mol. The highest BCUT2D eigenvalue weighted by molar-refractivity contribution is 7.11. The van der Waals surface area contributed by atoms with E-state index < -0.39 is 5.91 Å². The fourth-order valence-corrected chi connectivity index (χ4v) is 3.24. The second kappa shape index (κ2) is 5.75. The van der Waals surface area contributed by atoms with E-state index in [2.05, 4.69) is 28.0 Å². The lowest BCUT2D eigenvalue weighted by Crippen LogP contribution is -2.49. The summed E-state index contributed by atoms with van der Waals surface area (Å²) in [6.45, 7) is 8.19. The topological polar surface area (TPSA) is 88.5 Å². The van der Waals surface area contributed by atoms with Crippen molar-refractivity contribution in [3.63, 3.8) is 0 Å². The highest BCUT2D eigenvalue weighted by Gasteiger charge is 2.26. The number of rotatable bonds is 4. The molecule has 6 nitrogen and oxygen atoms in total. The van der Waals surface area contributed by atoms with E-state index in [1.807, 2.05) is 0 Å². The molecule has 106 valence electrons. The molecule has 1 amide bonds. The molecule has 1 fully saturated rings. The highest BCUT2D eigenvalue weighted by Crippen LogP contribution is 2.31. The van der Waals surface area contributed by atoms with E-state index in [0.717, 1.165) is 37.6 Å². The Bertz CT molecular complexity index is 453. The van der Waals surface area contributed by atoms with Gasteiger partial charge in [-0.05, 0) is 24.9 Å². The number of nitrogens with two attached hydrogens (primary N) is 2. The molecule has 2 heterocycles. The van der Waals surface area contributed by atoms with E-state index in [1.165, 1.54) is 11.5 Å². The minimum absolute atomic E-state index is 0.247. The van der Waals surface area contributed by atoms with Gasteiger partial charge in [0.25, 0.3) is 5.91 Å². The van der Waals surface area contributed by atoms with Crippen LogP contribution in [0.5, 0.6) is 0 Å². The molecule has 1 saturated heterocycles. The van der Waals surface area contributed by atoms with Crippen molar-refractivity contribution in [3.8, 4) is 0 Å². The maximum atomic E-state index is 11.4. The zero-order valence-electron chi connectivity index (χ0n) is 11.4. The van der Waals surface area contributed by atoms with Crippen molar-refractivity contribution in [1.82, 2.24) is 9.27 Å². The first kappa shape index (κ1) is 14.1. The number of amides is 1. The Kier molecular flexibility index (Phi) is 4.26. The Balaban J connectivity index is 2.08. The maximum Gasteiger partial charge on any atom is 0.255 e. The number of hydrogen-bond acceptors (Lipinski definition) is 6. The Hall–Kier alpha value is -1.34. The quantitative estimate of drug-likeness (QED) is 0.851. The summed E-state index contributed by atoms with van der Waals surface area (Å²) in [7, 11) is 0. The van der Waals surface area contributed by atoms with Gasteiger partial charge in [0, 0.05) is 32.2 Å². The van der Waals surface area contributed by atoms with Crippen LogP contribution in [0.2, 0.25) is 0 Å². The van der Waals surface area contributed by atoms with Crippen molar-refractivity contribution in [2.75, 3.05) is 36.8 Å². The molecule has 0 spiro atoms. The Morgan fingerprint density at radius 1 is 1.42 bits per heavy atom. The standard InChI is InChI=1S/C12H21N5OS/c1-3-8(2)16-4-6-17(7-5-16)12-9(11(14)18)10(13)15-19-12/h8H,3-7H2,1-2H3,(H2,13,15)(H2,14,18). The van der Waals surface area contributed by atoms with Gasteiger partial charge in [-0.25, -0.2) is 0 Å². The summed E-state index contributed by atoms with van der Waals surface area (Å²) in [5.74, 6) is -0.248. The van der Waals surface area contributed by atoms with Crippen LogP contribution in [0.25, 0.3) is 0 Å². The van der Waals surface area contributed by atoms with E-state index in [9.17, 15) is 4.79 Å². The van der Waals surface area contributed by atoms with Gasteiger partial charge in [0.05, 0.1) is 0 Å². The van der Waals surface area contributed by atoms with Gasteiger partial charge in [0.2, 0.25) is 0 Å². The molecule has 0 saturated carbocycles. The summed E-state index contributed by atoms with van der Waals surface area (Å²) >= 11 is 1.26. The van der Waals surface area contributed by atoms with Gasteiger partial charge in [0.1, 0.15) is 10.6 Å². The van der Waals surface area contributed by atoms with Gasteiger partial charge in [-0.15, -0.1) is 0 Å². The van der Waals surface area contributed by atoms with Crippen LogP contribution in [0.3, 0.4) is 0 Å². The van der Waals surface area contributed by atoms with E-state index in [1.54, 1.807) is 0 Å². The minimum atomic E-state index is -0.495. The summed E-state index contributed by atoms with van der Waals surface area (Å²) in [5.41, 5.74) is 11.5. The molecular weight excluding hydrogens is 262 g/mol. The number of hydrogen-bond donors (Lipinski definition) is 2. The third-order valence-corrected chi connectivity index (χ3v) is 4.69. The second-order valence-electron chi connectivity index (χ2n) is 4.89. The average Bonchev–Trinajstić information content (AvgIpc) is 2.80. The SMILES string of the molecule is CCC(C)N1CCN(c2snc(N)c2C(N)=O)CC1. The molecular formula is C12H21N5OS. The number of nitrogens with zero attached hydrogens (tertiary/aromatic N) is 3. The van der Waals surface area contributed by atoms with Gasteiger partial charge in [0.15, 0.2) is 5.82 Å². The van der Waals surface area contributed by atoms with Crippen LogP contribution in [-0.2, 0) is 0 Å². The van der Waals surface area contributed by atoms with Crippen LogP contribution >= 0.6 is 11.5 Å².